The Balaban J connectivity index is 1.48. The molecule has 1 saturated carbocycles. The monoisotopic (exact) mass is 389 g/mol. The summed E-state index contributed by atoms with van der Waals surface area (Å²) in [7, 11) is 0. The van der Waals surface area contributed by atoms with Crippen molar-refractivity contribution in [2.24, 2.45) is 5.92 Å². The van der Waals surface area contributed by atoms with E-state index in [0.29, 0.717) is 11.6 Å². The van der Waals surface area contributed by atoms with Gasteiger partial charge in [0.05, 0.1) is 11.7 Å². The predicted octanol–water partition coefficient (Wildman–Crippen LogP) is 4.77. The van der Waals surface area contributed by atoms with Crippen molar-refractivity contribution < 1.29 is 9.18 Å². The third-order valence-corrected chi connectivity index (χ3v) is 6.01. The summed E-state index contributed by atoms with van der Waals surface area (Å²) in [6.07, 6.45) is 6.17. The van der Waals surface area contributed by atoms with Gasteiger partial charge in [-0.25, -0.2) is 9.07 Å². The molecule has 29 heavy (non-hydrogen) atoms. The van der Waals surface area contributed by atoms with Crippen LogP contribution in [0.5, 0.6) is 0 Å². The zero-order valence-electron chi connectivity index (χ0n) is 16.3. The van der Waals surface area contributed by atoms with Crippen LogP contribution >= 0.6 is 0 Å². The van der Waals surface area contributed by atoms with Crippen LogP contribution in [0.2, 0.25) is 0 Å². The Morgan fingerprint density at radius 2 is 1.76 bits per heavy atom. The van der Waals surface area contributed by atoms with Crippen LogP contribution in [0.3, 0.4) is 0 Å². The van der Waals surface area contributed by atoms with Crippen molar-refractivity contribution in [2.45, 2.75) is 44.6 Å². The molecule has 4 nitrogen and oxygen atoms in total. The lowest BCUT2D eigenvalue weighted by molar-refractivity contribution is 0.0925. The van der Waals surface area contributed by atoms with Gasteiger partial charge >= 0.3 is 0 Å². The Bertz CT molecular complexity index is 1020. The number of benzene rings is 2. The van der Waals surface area contributed by atoms with Crippen LogP contribution < -0.4 is 5.32 Å². The fourth-order valence-corrected chi connectivity index (χ4v) is 4.35. The molecule has 2 aliphatic carbocycles. The molecule has 1 N–H and O–H groups in total. The highest BCUT2D eigenvalue weighted by Gasteiger charge is 2.35. The van der Waals surface area contributed by atoms with Crippen LogP contribution in [-0.4, -0.2) is 15.7 Å². The van der Waals surface area contributed by atoms with E-state index in [1.807, 2.05) is 22.9 Å². The van der Waals surface area contributed by atoms with E-state index in [2.05, 4.69) is 17.4 Å². The number of aromatic nitrogens is 2. The molecule has 3 aromatic rings. The Morgan fingerprint density at radius 3 is 2.48 bits per heavy atom. The summed E-state index contributed by atoms with van der Waals surface area (Å²) in [6, 6.07) is 16.5. The number of amides is 1. The van der Waals surface area contributed by atoms with Crippen molar-refractivity contribution in [3.05, 3.63) is 82.9 Å². The number of nitrogens with one attached hydrogen (secondary N) is 1. The predicted molar refractivity (Wildman–Crippen MR) is 110 cm³/mol. The average Bonchev–Trinajstić information content (AvgIpc) is 3.53. The molecule has 1 aromatic heterocycles. The van der Waals surface area contributed by atoms with Gasteiger partial charge in [-0.15, -0.1) is 0 Å². The van der Waals surface area contributed by atoms with Crippen molar-refractivity contribution in [3.8, 4) is 5.69 Å². The van der Waals surface area contributed by atoms with Gasteiger partial charge in [0.1, 0.15) is 5.82 Å². The van der Waals surface area contributed by atoms with Crippen LogP contribution in [0, 0.1) is 11.7 Å². The van der Waals surface area contributed by atoms with Crippen LogP contribution in [0.1, 0.15) is 59.0 Å². The summed E-state index contributed by atoms with van der Waals surface area (Å²) in [5.41, 5.74) is 4.59. The van der Waals surface area contributed by atoms with Gasteiger partial charge in [0.2, 0.25) is 0 Å². The van der Waals surface area contributed by atoms with Gasteiger partial charge in [-0.2, -0.15) is 5.10 Å². The van der Waals surface area contributed by atoms with Crippen molar-refractivity contribution in [1.82, 2.24) is 15.1 Å². The summed E-state index contributed by atoms with van der Waals surface area (Å²) in [5.74, 6) is 0.115. The fraction of sp³-hybridized carbons (Fsp3) is 0.333. The van der Waals surface area contributed by atoms with Gasteiger partial charge in [0.25, 0.3) is 5.91 Å². The molecule has 1 atom stereocenters. The van der Waals surface area contributed by atoms with E-state index in [-0.39, 0.29) is 17.8 Å². The first kappa shape index (κ1) is 18.1. The Labute approximate surface area is 169 Å². The number of hydrogen-bond acceptors (Lipinski definition) is 2. The maximum absolute atomic E-state index is 13.4. The first-order valence-corrected chi connectivity index (χ1v) is 10.4. The highest BCUT2D eigenvalue weighted by atomic mass is 19.1. The zero-order chi connectivity index (χ0) is 19.8. The van der Waals surface area contributed by atoms with E-state index < -0.39 is 0 Å². The maximum atomic E-state index is 13.4. The Kier molecular flexibility index (Phi) is 4.66. The topological polar surface area (TPSA) is 46.9 Å². The smallest absolute Gasteiger partial charge is 0.272 e. The zero-order valence-corrected chi connectivity index (χ0v) is 16.3. The molecule has 0 radical (unpaired) electrons. The molecule has 1 heterocycles. The summed E-state index contributed by atoms with van der Waals surface area (Å²) in [4.78, 5) is 13.3. The first-order valence-electron chi connectivity index (χ1n) is 10.4. The lowest BCUT2D eigenvalue weighted by Gasteiger charge is -2.19. The summed E-state index contributed by atoms with van der Waals surface area (Å²) in [6.45, 7) is 0. The normalized spacial score (nSPS) is 16.9. The van der Waals surface area contributed by atoms with Gasteiger partial charge in [0.15, 0.2) is 5.69 Å². The summed E-state index contributed by atoms with van der Waals surface area (Å²) < 4.78 is 15.2. The molecule has 0 saturated heterocycles. The lowest BCUT2D eigenvalue weighted by Crippen LogP contribution is -2.31. The Morgan fingerprint density at radius 1 is 1.03 bits per heavy atom. The number of nitrogens with zero attached hydrogens (tertiary/aromatic N) is 2. The summed E-state index contributed by atoms with van der Waals surface area (Å²) >= 11 is 0. The molecular formula is C24H24FN3O. The number of carbonyl (C=O) groups excluding carboxylic acids is 1. The van der Waals surface area contributed by atoms with Crippen LogP contribution in [0.15, 0.2) is 54.6 Å². The molecule has 1 amide bonds. The van der Waals surface area contributed by atoms with Gasteiger partial charge in [0, 0.05) is 11.3 Å². The molecular weight excluding hydrogens is 365 g/mol. The summed E-state index contributed by atoms with van der Waals surface area (Å²) in [5, 5.41) is 7.96. The highest BCUT2D eigenvalue weighted by molar-refractivity contribution is 5.94. The second kappa shape index (κ2) is 7.47. The first-order chi connectivity index (χ1) is 14.2. The highest BCUT2D eigenvalue weighted by Crippen LogP contribution is 2.41. The molecule has 0 bridgehead atoms. The quantitative estimate of drug-likeness (QED) is 0.683. The average molecular weight is 389 g/mol. The number of carbonyl (C=O) groups is 1. The lowest BCUT2D eigenvalue weighted by atomic mass is 9.95. The molecule has 5 rings (SSSR count). The van der Waals surface area contributed by atoms with Crippen LogP contribution in [0.25, 0.3) is 5.69 Å². The van der Waals surface area contributed by atoms with Gasteiger partial charge in [-0.3, -0.25) is 4.79 Å². The van der Waals surface area contributed by atoms with E-state index >= 15 is 0 Å². The van der Waals surface area contributed by atoms with Gasteiger partial charge in [-0.05, 0) is 74.3 Å². The Hall–Kier alpha value is -2.95. The third-order valence-electron chi connectivity index (χ3n) is 6.01. The van der Waals surface area contributed by atoms with E-state index in [4.69, 9.17) is 5.10 Å². The minimum Gasteiger partial charge on any atom is -0.344 e. The van der Waals surface area contributed by atoms with E-state index in [1.54, 1.807) is 12.1 Å². The maximum Gasteiger partial charge on any atom is 0.272 e. The number of fused-ring (bicyclic) bond motifs is 1. The molecule has 0 spiro atoms. The molecule has 2 aromatic carbocycles. The van der Waals surface area contributed by atoms with E-state index in [0.717, 1.165) is 61.0 Å². The second-order valence-corrected chi connectivity index (χ2v) is 8.07. The molecule has 0 aliphatic heterocycles. The second-order valence-electron chi connectivity index (χ2n) is 8.07. The number of halogens is 1. The number of rotatable bonds is 5. The minimum absolute atomic E-state index is 0.0268. The third kappa shape index (κ3) is 3.57. The van der Waals surface area contributed by atoms with Crippen LogP contribution in [-0.2, 0) is 12.8 Å². The van der Waals surface area contributed by atoms with Gasteiger partial charge in [-0.1, -0.05) is 30.3 Å². The molecule has 148 valence electrons. The number of hydrogen-bond donors (Lipinski definition) is 1. The van der Waals surface area contributed by atoms with Crippen molar-refractivity contribution in [3.63, 3.8) is 0 Å². The SMILES string of the molecule is O=C(NC(c1ccccc1)C1CC1)c1nn(-c2ccc(F)cc2)c2c1CCCC2. The molecule has 1 fully saturated rings. The molecule has 5 heteroatoms. The fourth-order valence-electron chi connectivity index (χ4n) is 4.35. The molecule has 1 unspecified atom stereocenters. The largest absolute Gasteiger partial charge is 0.344 e. The van der Waals surface area contributed by atoms with Crippen molar-refractivity contribution in [1.29, 1.82) is 0 Å². The van der Waals surface area contributed by atoms with Crippen LogP contribution in [0.4, 0.5) is 4.39 Å². The van der Waals surface area contributed by atoms with Crippen molar-refractivity contribution >= 4 is 5.91 Å². The molecule has 2 aliphatic rings. The van der Waals surface area contributed by atoms with E-state index in [9.17, 15) is 9.18 Å². The van der Waals surface area contributed by atoms with Crippen molar-refractivity contribution in [2.75, 3.05) is 0 Å². The van der Waals surface area contributed by atoms with Gasteiger partial charge < -0.3 is 5.32 Å². The standard InChI is InChI=1S/C24H24FN3O/c25-18-12-14-19(15-13-18)28-21-9-5-4-8-20(21)23(27-28)24(29)26-22(17-10-11-17)16-6-2-1-3-7-16/h1-3,6-7,12-15,17,22H,4-5,8-11H2,(H,26,29). The van der Waals surface area contributed by atoms with E-state index in [1.165, 1.54) is 12.1 Å². The minimum atomic E-state index is -0.275.